The van der Waals surface area contributed by atoms with Gasteiger partial charge in [0.1, 0.15) is 0 Å². The lowest BCUT2D eigenvalue weighted by Crippen LogP contribution is -2.27. The average Bonchev–Trinajstić information content (AvgIpc) is 2.17. The standard InChI is InChI=1S/C10H14ClFN2/c1-7(2)14(3)10-9(12)8(6-11)4-5-13-10/h4-5,7H,6H2,1-3H3. The first-order valence-electron chi connectivity index (χ1n) is 4.50. The molecule has 1 aromatic heterocycles. The lowest BCUT2D eigenvalue weighted by Gasteiger charge is -2.23. The van der Waals surface area contributed by atoms with Gasteiger partial charge in [-0.05, 0) is 19.9 Å². The lowest BCUT2D eigenvalue weighted by molar-refractivity contribution is 0.595. The summed E-state index contributed by atoms with van der Waals surface area (Å²) in [6.07, 6.45) is 1.58. The van der Waals surface area contributed by atoms with Gasteiger partial charge in [-0.1, -0.05) is 0 Å². The number of alkyl halides is 1. The molecule has 0 unspecified atom stereocenters. The molecule has 0 aliphatic carbocycles. The Labute approximate surface area is 88.7 Å². The molecule has 78 valence electrons. The second-order valence-electron chi connectivity index (χ2n) is 3.45. The molecule has 0 radical (unpaired) electrons. The number of pyridine rings is 1. The maximum Gasteiger partial charge on any atom is 0.170 e. The van der Waals surface area contributed by atoms with Crippen LogP contribution < -0.4 is 4.90 Å². The van der Waals surface area contributed by atoms with Crippen molar-refractivity contribution in [2.24, 2.45) is 0 Å². The first-order chi connectivity index (χ1) is 6.57. The van der Waals surface area contributed by atoms with Gasteiger partial charge in [0.05, 0.1) is 5.88 Å². The fourth-order valence-corrected chi connectivity index (χ4v) is 1.27. The van der Waals surface area contributed by atoms with Crippen LogP contribution in [0.15, 0.2) is 12.3 Å². The minimum atomic E-state index is -0.321. The maximum absolute atomic E-state index is 13.7. The second kappa shape index (κ2) is 4.60. The third kappa shape index (κ3) is 2.15. The maximum atomic E-state index is 13.7. The molecular weight excluding hydrogens is 203 g/mol. The summed E-state index contributed by atoms with van der Waals surface area (Å²) in [4.78, 5) is 5.78. The summed E-state index contributed by atoms with van der Waals surface area (Å²) in [7, 11) is 1.81. The van der Waals surface area contributed by atoms with Crippen molar-refractivity contribution in [1.82, 2.24) is 4.98 Å². The van der Waals surface area contributed by atoms with Crippen molar-refractivity contribution in [2.45, 2.75) is 25.8 Å². The van der Waals surface area contributed by atoms with Crippen LogP contribution in [0.4, 0.5) is 10.2 Å². The van der Waals surface area contributed by atoms with Gasteiger partial charge in [0.2, 0.25) is 0 Å². The van der Waals surface area contributed by atoms with Crippen LogP contribution >= 0.6 is 11.6 Å². The second-order valence-corrected chi connectivity index (χ2v) is 3.71. The van der Waals surface area contributed by atoms with Crippen molar-refractivity contribution in [3.05, 3.63) is 23.6 Å². The number of rotatable bonds is 3. The number of nitrogens with zero attached hydrogens (tertiary/aromatic N) is 2. The Morgan fingerprint density at radius 3 is 2.71 bits per heavy atom. The summed E-state index contributed by atoms with van der Waals surface area (Å²) in [6.45, 7) is 3.96. The zero-order chi connectivity index (χ0) is 10.7. The third-order valence-corrected chi connectivity index (χ3v) is 2.49. The molecule has 0 aromatic carbocycles. The van der Waals surface area contributed by atoms with E-state index in [0.717, 1.165) is 0 Å². The smallest absolute Gasteiger partial charge is 0.170 e. The molecule has 0 saturated carbocycles. The molecule has 0 aliphatic rings. The predicted octanol–water partition coefficient (Wildman–Crippen LogP) is 2.80. The molecule has 0 spiro atoms. The summed E-state index contributed by atoms with van der Waals surface area (Å²) >= 11 is 5.60. The topological polar surface area (TPSA) is 16.1 Å². The van der Waals surface area contributed by atoms with Gasteiger partial charge in [-0.15, -0.1) is 11.6 Å². The molecule has 0 atom stereocenters. The highest BCUT2D eigenvalue weighted by atomic mass is 35.5. The van der Waals surface area contributed by atoms with E-state index in [2.05, 4.69) is 4.98 Å². The van der Waals surface area contributed by atoms with E-state index in [1.165, 1.54) is 0 Å². The monoisotopic (exact) mass is 216 g/mol. The minimum absolute atomic E-state index is 0.174. The van der Waals surface area contributed by atoms with E-state index in [0.29, 0.717) is 11.4 Å². The van der Waals surface area contributed by atoms with Crippen molar-refractivity contribution in [3.63, 3.8) is 0 Å². The van der Waals surface area contributed by atoms with Crippen molar-refractivity contribution in [1.29, 1.82) is 0 Å². The van der Waals surface area contributed by atoms with Crippen molar-refractivity contribution in [3.8, 4) is 0 Å². The van der Waals surface area contributed by atoms with Crippen LogP contribution in [0.1, 0.15) is 19.4 Å². The van der Waals surface area contributed by atoms with E-state index in [4.69, 9.17) is 11.6 Å². The summed E-state index contributed by atoms with van der Waals surface area (Å²) < 4.78 is 13.7. The zero-order valence-electron chi connectivity index (χ0n) is 8.59. The van der Waals surface area contributed by atoms with E-state index in [-0.39, 0.29) is 17.7 Å². The van der Waals surface area contributed by atoms with E-state index < -0.39 is 0 Å². The largest absolute Gasteiger partial charge is 0.355 e. The fourth-order valence-electron chi connectivity index (χ4n) is 1.06. The Morgan fingerprint density at radius 2 is 2.21 bits per heavy atom. The Bertz CT molecular complexity index is 315. The summed E-state index contributed by atoms with van der Waals surface area (Å²) in [6, 6.07) is 1.81. The molecule has 2 nitrogen and oxygen atoms in total. The first kappa shape index (κ1) is 11.2. The molecule has 0 saturated heterocycles. The molecule has 1 aromatic rings. The highest BCUT2D eigenvalue weighted by Crippen LogP contribution is 2.20. The number of anilines is 1. The number of hydrogen-bond acceptors (Lipinski definition) is 2. The average molecular weight is 217 g/mol. The van der Waals surface area contributed by atoms with Crippen LogP contribution in [0.2, 0.25) is 0 Å². The zero-order valence-corrected chi connectivity index (χ0v) is 9.35. The van der Waals surface area contributed by atoms with Crippen LogP contribution in [-0.2, 0) is 5.88 Å². The predicted molar refractivity (Wildman–Crippen MR) is 57.3 cm³/mol. The molecule has 0 fully saturated rings. The normalized spacial score (nSPS) is 10.7. The number of halogens is 2. The summed E-state index contributed by atoms with van der Waals surface area (Å²) in [5.74, 6) is 0.213. The van der Waals surface area contributed by atoms with Crippen LogP contribution in [0.25, 0.3) is 0 Å². The molecule has 1 heterocycles. The highest BCUT2D eigenvalue weighted by Gasteiger charge is 2.14. The SMILES string of the molecule is CC(C)N(C)c1nccc(CCl)c1F. The van der Waals surface area contributed by atoms with Crippen LogP contribution in [0.3, 0.4) is 0 Å². The highest BCUT2D eigenvalue weighted by molar-refractivity contribution is 6.17. The van der Waals surface area contributed by atoms with Gasteiger partial charge in [0.15, 0.2) is 11.6 Å². The van der Waals surface area contributed by atoms with Gasteiger partial charge in [0, 0.05) is 24.8 Å². The fraction of sp³-hybridized carbons (Fsp3) is 0.500. The van der Waals surface area contributed by atoms with Gasteiger partial charge in [-0.2, -0.15) is 0 Å². The Kier molecular flexibility index (Phi) is 3.69. The Balaban J connectivity index is 3.09. The molecule has 0 amide bonds. The van der Waals surface area contributed by atoms with Crippen LogP contribution in [0, 0.1) is 5.82 Å². The van der Waals surface area contributed by atoms with Crippen molar-refractivity contribution >= 4 is 17.4 Å². The summed E-state index contributed by atoms with van der Waals surface area (Å²) in [5, 5.41) is 0. The minimum Gasteiger partial charge on any atom is -0.355 e. The summed E-state index contributed by atoms with van der Waals surface area (Å²) in [5.41, 5.74) is 0.490. The van der Waals surface area contributed by atoms with E-state index in [1.54, 1.807) is 17.2 Å². The molecular formula is C10H14ClFN2. The van der Waals surface area contributed by atoms with Gasteiger partial charge >= 0.3 is 0 Å². The van der Waals surface area contributed by atoms with Crippen molar-refractivity contribution < 1.29 is 4.39 Å². The Morgan fingerprint density at radius 1 is 1.57 bits per heavy atom. The molecule has 4 heteroatoms. The first-order valence-corrected chi connectivity index (χ1v) is 5.03. The van der Waals surface area contributed by atoms with Gasteiger partial charge < -0.3 is 4.90 Å². The van der Waals surface area contributed by atoms with Gasteiger partial charge in [-0.3, -0.25) is 0 Å². The van der Waals surface area contributed by atoms with Crippen LogP contribution in [0.5, 0.6) is 0 Å². The number of aromatic nitrogens is 1. The van der Waals surface area contributed by atoms with Gasteiger partial charge in [0.25, 0.3) is 0 Å². The Hall–Kier alpha value is -0.830. The van der Waals surface area contributed by atoms with Crippen LogP contribution in [-0.4, -0.2) is 18.1 Å². The molecule has 0 N–H and O–H groups in total. The van der Waals surface area contributed by atoms with Gasteiger partial charge in [-0.25, -0.2) is 9.37 Å². The molecule has 14 heavy (non-hydrogen) atoms. The van der Waals surface area contributed by atoms with E-state index in [1.807, 2.05) is 20.9 Å². The number of hydrogen-bond donors (Lipinski definition) is 0. The third-order valence-electron chi connectivity index (χ3n) is 2.20. The lowest BCUT2D eigenvalue weighted by atomic mass is 10.2. The van der Waals surface area contributed by atoms with E-state index >= 15 is 0 Å². The quantitative estimate of drug-likeness (QED) is 0.723. The molecule has 1 rings (SSSR count). The molecule has 0 aliphatic heterocycles. The molecule has 0 bridgehead atoms. The van der Waals surface area contributed by atoms with E-state index in [9.17, 15) is 4.39 Å². The van der Waals surface area contributed by atoms with Crippen molar-refractivity contribution in [2.75, 3.05) is 11.9 Å².